The van der Waals surface area contributed by atoms with Crippen LogP contribution in [0.1, 0.15) is 29.9 Å². The second-order valence-corrected chi connectivity index (χ2v) is 8.74. The first kappa shape index (κ1) is 20.7. The van der Waals surface area contributed by atoms with Crippen molar-refractivity contribution in [2.75, 3.05) is 45.3 Å². The van der Waals surface area contributed by atoms with Gasteiger partial charge in [-0.1, -0.05) is 24.3 Å². The van der Waals surface area contributed by atoms with Crippen LogP contribution in [0, 0.1) is 0 Å². The maximum Gasteiger partial charge on any atom is 0.223 e. The van der Waals surface area contributed by atoms with E-state index in [9.17, 15) is 4.79 Å². The van der Waals surface area contributed by atoms with E-state index in [0.717, 1.165) is 50.5 Å². The number of nitrogens with zero attached hydrogens (tertiary/aromatic N) is 2. The molecular formula is C27H30N2O3. The Balaban J connectivity index is 1.25. The predicted octanol–water partition coefficient (Wildman–Crippen LogP) is 4.63. The monoisotopic (exact) mass is 430 g/mol. The van der Waals surface area contributed by atoms with Gasteiger partial charge in [0.25, 0.3) is 0 Å². The topological polar surface area (TPSA) is 42.0 Å². The van der Waals surface area contributed by atoms with Gasteiger partial charge in [-0.3, -0.25) is 4.79 Å². The van der Waals surface area contributed by atoms with E-state index in [4.69, 9.17) is 9.47 Å². The van der Waals surface area contributed by atoms with Crippen molar-refractivity contribution < 1.29 is 14.3 Å². The van der Waals surface area contributed by atoms with Crippen LogP contribution in [0.15, 0.2) is 54.6 Å². The summed E-state index contributed by atoms with van der Waals surface area (Å²) in [6.07, 6.45) is 2.69. The van der Waals surface area contributed by atoms with Gasteiger partial charge < -0.3 is 19.3 Å². The Hall–Kier alpha value is -3.21. The molecule has 3 aromatic carbocycles. The number of rotatable bonds is 5. The van der Waals surface area contributed by atoms with Crippen molar-refractivity contribution >= 4 is 22.4 Å². The third-order valence-corrected chi connectivity index (χ3v) is 7.02. The van der Waals surface area contributed by atoms with Crippen molar-refractivity contribution in [3.05, 3.63) is 65.7 Å². The van der Waals surface area contributed by atoms with E-state index < -0.39 is 0 Å². The normalized spacial score (nSPS) is 18.0. The van der Waals surface area contributed by atoms with Crippen LogP contribution in [0.25, 0.3) is 10.8 Å². The molecule has 0 saturated carbocycles. The van der Waals surface area contributed by atoms with E-state index >= 15 is 0 Å². The predicted molar refractivity (Wildman–Crippen MR) is 128 cm³/mol. The number of aryl methyl sites for hydroxylation is 1. The Labute approximate surface area is 189 Å². The van der Waals surface area contributed by atoms with Crippen molar-refractivity contribution in [2.24, 2.45) is 0 Å². The van der Waals surface area contributed by atoms with Crippen molar-refractivity contribution in [3.8, 4) is 11.5 Å². The molecule has 0 spiro atoms. The van der Waals surface area contributed by atoms with E-state index in [2.05, 4.69) is 47.4 Å². The molecule has 0 bridgehead atoms. The van der Waals surface area contributed by atoms with E-state index in [1.165, 1.54) is 27.6 Å². The molecule has 1 atom stereocenters. The molecule has 1 aliphatic carbocycles. The number of anilines is 1. The number of benzene rings is 3. The first-order valence-corrected chi connectivity index (χ1v) is 11.4. The van der Waals surface area contributed by atoms with E-state index in [1.807, 2.05) is 17.0 Å². The lowest BCUT2D eigenvalue weighted by atomic mass is 9.96. The van der Waals surface area contributed by atoms with E-state index in [0.29, 0.717) is 12.3 Å². The van der Waals surface area contributed by atoms with Gasteiger partial charge in [0.2, 0.25) is 5.91 Å². The number of ether oxygens (including phenoxy) is 2. The Morgan fingerprint density at radius 2 is 1.69 bits per heavy atom. The van der Waals surface area contributed by atoms with Crippen molar-refractivity contribution in [1.82, 2.24) is 4.90 Å². The number of carbonyl (C=O) groups is 1. The quantitative estimate of drug-likeness (QED) is 0.592. The third kappa shape index (κ3) is 3.88. The van der Waals surface area contributed by atoms with Crippen LogP contribution in [0.4, 0.5) is 5.69 Å². The second-order valence-electron chi connectivity index (χ2n) is 8.74. The van der Waals surface area contributed by atoms with Gasteiger partial charge in [0.15, 0.2) is 0 Å². The van der Waals surface area contributed by atoms with Gasteiger partial charge in [0.1, 0.15) is 11.5 Å². The highest BCUT2D eigenvalue weighted by Crippen LogP contribution is 2.38. The number of hydrogen-bond donors (Lipinski definition) is 0. The molecule has 1 fully saturated rings. The van der Waals surface area contributed by atoms with Gasteiger partial charge in [-0.25, -0.2) is 0 Å². The Kier molecular flexibility index (Phi) is 5.64. The molecule has 1 saturated heterocycles. The van der Waals surface area contributed by atoms with Gasteiger partial charge in [0.05, 0.1) is 14.2 Å². The largest absolute Gasteiger partial charge is 0.497 e. The minimum Gasteiger partial charge on any atom is -0.497 e. The number of fused-ring (bicyclic) bond motifs is 2. The van der Waals surface area contributed by atoms with Crippen LogP contribution in [-0.4, -0.2) is 51.2 Å². The minimum atomic E-state index is 0.268. The van der Waals surface area contributed by atoms with Crippen LogP contribution in [0.2, 0.25) is 0 Å². The molecule has 2 aliphatic rings. The van der Waals surface area contributed by atoms with Crippen LogP contribution >= 0.6 is 0 Å². The molecule has 0 radical (unpaired) electrons. The first-order chi connectivity index (χ1) is 15.7. The molecule has 5 heteroatoms. The molecule has 32 heavy (non-hydrogen) atoms. The Morgan fingerprint density at radius 3 is 2.47 bits per heavy atom. The number of piperazine rings is 1. The van der Waals surface area contributed by atoms with Crippen molar-refractivity contribution in [3.63, 3.8) is 0 Å². The summed E-state index contributed by atoms with van der Waals surface area (Å²) in [5.74, 6) is 2.32. The summed E-state index contributed by atoms with van der Waals surface area (Å²) in [6.45, 7) is 3.21. The number of methoxy groups -OCH3 is 2. The summed E-state index contributed by atoms with van der Waals surface area (Å²) in [5, 5.41) is 2.40. The van der Waals surface area contributed by atoms with Crippen molar-refractivity contribution in [1.29, 1.82) is 0 Å². The van der Waals surface area contributed by atoms with Crippen molar-refractivity contribution in [2.45, 2.75) is 25.2 Å². The number of hydrogen-bond acceptors (Lipinski definition) is 4. The SMILES string of the molecule is COc1ccc2c(c1)C(CC(=O)N1CCN(c3cccc4ccc(OC)cc34)CC1)CC2. The molecule has 0 aromatic heterocycles. The smallest absolute Gasteiger partial charge is 0.223 e. The van der Waals surface area contributed by atoms with Crippen LogP contribution in [0.3, 0.4) is 0 Å². The molecule has 1 heterocycles. The lowest BCUT2D eigenvalue weighted by Gasteiger charge is -2.37. The zero-order chi connectivity index (χ0) is 22.1. The van der Waals surface area contributed by atoms with Gasteiger partial charge in [-0.05, 0) is 65.6 Å². The number of amides is 1. The van der Waals surface area contributed by atoms with Gasteiger partial charge >= 0.3 is 0 Å². The van der Waals surface area contributed by atoms with E-state index in [1.54, 1.807) is 14.2 Å². The summed E-state index contributed by atoms with van der Waals surface area (Å²) in [7, 11) is 3.40. The summed E-state index contributed by atoms with van der Waals surface area (Å²) in [6, 6.07) is 18.9. The fourth-order valence-corrected chi connectivity index (χ4v) is 5.18. The molecule has 0 N–H and O–H groups in total. The lowest BCUT2D eigenvalue weighted by molar-refractivity contribution is -0.131. The average molecular weight is 431 g/mol. The summed E-state index contributed by atoms with van der Waals surface area (Å²) in [4.78, 5) is 17.5. The number of carbonyl (C=O) groups excluding carboxylic acids is 1. The lowest BCUT2D eigenvalue weighted by Crippen LogP contribution is -2.49. The van der Waals surface area contributed by atoms with Crippen LogP contribution in [0.5, 0.6) is 11.5 Å². The van der Waals surface area contributed by atoms with Gasteiger partial charge in [-0.2, -0.15) is 0 Å². The molecule has 5 nitrogen and oxygen atoms in total. The summed E-state index contributed by atoms with van der Waals surface area (Å²) < 4.78 is 10.8. The highest BCUT2D eigenvalue weighted by Gasteiger charge is 2.29. The average Bonchev–Trinajstić information content (AvgIpc) is 3.25. The highest BCUT2D eigenvalue weighted by atomic mass is 16.5. The minimum absolute atomic E-state index is 0.268. The fraction of sp³-hybridized carbons (Fsp3) is 0.370. The molecular weight excluding hydrogens is 400 g/mol. The zero-order valence-corrected chi connectivity index (χ0v) is 18.8. The van der Waals surface area contributed by atoms with Crippen LogP contribution in [-0.2, 0) is 11.2 Å². The first-order valence-electron chi connectivity index (χ1n) is 11.4. The maximum atomic E-state index is 13.1. The maximum absolute atomic E-state index is 13.1. The molecule has 166 valence electrons. The van der Waals surface area contributed by atoms with Gasteiger partial charge in [0, 0.05) is 43.7 Å². The van der Waals surface area contributed by atoms with E-state index in [-0.39, 0.29) is 5.91 Å². The fourth-order valence-electron chi connectivity index (χ4n) is 5.18. The molecule has 1 aliphatic heterocycles. The highest BCUT2D eigenvalue weighted by molar-refractivity contribution is 5.95. The molecule has 1 amide bonds. The second kappa shape index (κ2) is 8.73. The van der Waals surface area contributed by atoms with Gasteiger partial charge in [-0.15, -0.1) is 0 Å². The molecule has 5 rings (SSSR count). The standard InChI is InChI=1S/C27H30N2O3/c1-31-22-11-9-20-6-7-21(24(20)17-22)16-27(30)29-14-12-28(13-15-29)26-5-3-4-19-8-10-23(32-2)18-25(19)26/h3-5,8-11,17-18,21H,6-7,12-16H2,1-2H3. The molecule has 3 aromatic rings. The Bertz CT molecular complexity index is 1130. The summed E-state index contributed by atoms with van der Waals surface area (Å²) in [5.41, 5.74) is 3.87. The summed E-state index contributed by atoms with van der Waals surface area (Å²) >= 11 is 0. The molecule has 1 unspecified atom stereocenters. The third-order valence-electron chi connectivity index (χ3n) is 7.02. The zero-order valence-electron chi connectivity index (χ0n) is 18.8. The van der Waals surface area contributed by atoms with Crippen LogP contribution < -0.4 is 14.4 Å². The Morgan fingerprint density at radius 1 is 0.938 bits per heavy atom.